The van der Waals surface area contributed by atoms with Gasteiger partial charge in [-0.05, 0) is 23.8 Å². The molecule has 0 aliphatic rings. The van der Waals surface area contributed by atoms with Gasteiger partial charge in [0, 0.05) is 30.7 Å². The highest BCUT2D eigenvalue weighted by Gasteiger charge is 1.97. The van der Waals surface area contributed by atoms with Crippen LogP contribution < -0.4 is 0 Å². The molecule has 0 aromatic carbocycles. The number of rotatable bonds is 2. The Hall–Kier alpha value is -1.41. The molecule has 2 rings (SSSR count). The second kappa shape index (κ2) is 4.20. The molecule has 0 saturated carbocycles. The van der Waals surface area contributed by atoms with E-state index in [4.69, 9.17) is 11.6 Å². The van der Waals surface area contributed by atoms with Crippen molar-refractivity contribution in [3.05, 3.63) is 59.1 Å². The summed E-state index contributed by atoms with van der Waals surface area (Å²) in [5.74, 6) is 0. The zero-order valence-corrected chi connectivity index (χ0v) is 8.28. The average Bonchev–Trinajstić information content (AvgIpc) is 2.19. The summed E-state index contributed by atoms with van der Waals surface area (Å²) in [4.78, 5) is 8.25. The van der Waals surface area contributed by atoms with Crippen LogP contribution >= 0.6 is 11.6 Å². The Morgan fingerprint density at radius 2 is 2.14 bits per heavy atom. The van der Waals surface area contributed by atoms with Crippen LogP contribution in [0.1, 0.15) is 11.3 Å². The summed E-state index contributed by atoms with van der Waals surface area (Å²) >= 11 is 5.83. The lowest BCUT2D eigenvalue weighted by Crippen LogP contribution is -1.91. The number of hydrogen-bond acceptors (Lipinski definition) is 2. The van der Waals surface area contributed by atoms with Gasteiger partial charge < -0.3 is 0 Å². The maximum absolute atomic E-state index is 5.83. The number of aromatic nitrogens is 2. The van der Waals surface area contributed by atoms with Crippen LogP contribution in [0, 0.1) is 0 Å². The molecule has 2 aromatic rings. The second-order valence-electron chi connectivity index (χ2n) is 3.01. The number of hydrogen-bond donors (Lipinski definition) is 0. The third-order valence-corrected chi connectivity index (χ3v) is 2.08. The van der Waals surface area contributed by atoms with Gasteiger partial charge in [-0.1, -0.05) is 17.7 Å². The van der Waals surface area contributed by atoms with E-state index in [0.29, 0.717) is 5.02 Å². The predicted molar refractivity (Wildman–Crippen MR) is 56.3 cm³/mol. The molecule has 0 bridgehead atoms. The lowest BCUT2D eigenvalue weighted by molar-refractivity contribution is 1.06. The van der Waals surface area contributed by atoms with Gasteiger partial charge in [0.1, 0.15) is 0 Å². The molecule has 2 nitrogen and oxygen atoms in total. The third kappa shape index (κ3) is 2.30. The molecule has 2 aromatic heterocycles. The Balaban J connectivity index is 2.19. The molecule has 0 saturated heterocycles. The summed E-state index contributed by atoms with van der Waals surface area (Å²) in [6.07, 6.45) is 5.99. The molecule has 0 N–H and O–H groups in total. The number of nitrogens with zero attached hydrogens (tertiary/aromatic N) is 2. The maximum atomic E-state index is 5.83. The summed E-state index contributed by atoms with van der Waals surface area (Å²) in [5.41, 5.74) is 2.10. The summed E-state index contributed by atoms with van der Waals surface area (Å²) in [6, 6.07) is 7.77. The van der Waals surface area contributed by atoms with Crippen LogP contribution in [0.25, 0.3) is 0 Å². The number of halogens is 1. The van der Waals surface area contributed by atoms with Crippen molar-refractivity contribution < 1.29 is 0 Å². The van der Waals surface area contributed by atoms with E-state index in [1.165, 1.54) is 0 Å². The van der Waals surface area contributed by atoms with Crippen LogP contribution in [0.15, 0.2) is 42.9 Å². The minimum absolute atomic E-state index is 0.665. The molecule has 3 heteroatoms. The zero-order valence-electron chi connectivity index (χ0n) is 7.52. The van der Waals surface area contributed by atoms with Crippen molar-refractivity contribution in [2.24, 2.45) is 0 Å². The first-order valence-corrected chi connectivity index (χ1v) is 4.72. The van der Waals surface area contributed by atoms with E-state index in [1.54, 1.807) is 18.6 Å². The smallest absolute Gasteiger partial charge is 0.0592 e. The fraction of sp³-hybridized carbons (Fsp3) is 0.0909. The van der Waals surface area contributed by atoms with Gasteiger partial charge >= 0.3 is 0 Å². The molecule has 0 atom stereocenters. The van der Waals surface area contributed by atoms with Crippen LogP contribution in [-0.4, -0.2) is 9.97 Å². The van der Waals surface area contributed by atoms with Crippen molar-refractivity contribution >= 4 is 11.6 Å². The minimum atomic E-state index is 0.665. The molecule has 0 radical (unpaired) electrons. The van der Waals surface area contributed by atoms with E-state index >= 15 is 0 Å². The molecule has 0 aliphatic heterocycles. The molecule has 0 amide bonds. The second-order valence-corrected chi connectivity index (χ2v) is 3.45. The zero-order chi connectivity index (χ0) is 9.80. The summed E-state index contributed by atoms with van der Waals surface area (Å²) in [5, 5.41) is 0.665. The Bertz CT molecular complexity index is 415. The highest BCUT2D eigenvalue weighted by atomic mass is 35.5. The molecular formula is C11H9ClN2. The van der Waals surface area contributed by atoms with Crippen molar-refractivity contribution in [1.29, 1.82) is 0 Å². The maximum Gasteiger partial charge on any atom is 0.0592 e. The first-order chi connectivity index (χ1) is 6.84. The van der Waals surface area contributed by atoms with Crippen molar-refractivity contribution in [1.82, 2.24) is 9.97 Å². The van der Waals surface area contributed by atoms with Crippen LogP contribution in [0.2, 0.25) is 5.02 Å². The van der Waals surface area contributed by atoms with Crippen LogP contribution in [-0.2, 0) is 6.42 Å². The van der Waals surface area contributed by atoms with E-state index in [9.17, 15) is 0 Å². The Morgan fingerprint density at radius 3 is 2.86 bits per heavy atom. The van der Waals surface area contributed by atoms with E-state index in [1.807, 2.05) is 24.3 Å². The van der Waals surface area contributed by atoms with Gasteiger partial charge in [-0.3, -0.25) is 9.97 Å². The van der Waals surface area contributed by atoms with Crippen molar-refractivity contribution in [2.45, 2.75) is 6.42 Å². The largest absolute Gasteiger partial charge is 0.263 e. The Kier molecular flexibility index (Phi) is 2.75. The summed E-state index contributed by atoms with van der Waals surface area (Å²) < 4.78 is 0. The monoisotopic (exact) mass is 204 g/mol. The van der Waals surface area contributed by atoms with Gasteiger partial charge in [0.05, 0.1) is 5.02 Å². The van der Waals surface area contributed by atoms with Crippen LogP contribution in [0.3, 0.4) is 0 Å². The standard InChI is InChI=1S/C11H9ClN2/c12-10-5-9(7-13-8-10)6-11-3-1-2-4-14-11/h1-5,7-8H,6H2. The fourth-order valence-electron chi connectivity index (χ4n) is 1.26. The van der Waals surface area contributed by atoms with Gasteiger partial charge in [0.15, 0.2) is 0 Å². The van der Waals surface area contributed by atoms with Gasteiger partial charge in [-0.15, -0.1) is 0 Å². The molecule has 0 aliphatic carbocycles. The fourth-order valence-corrected chi connectivity index (χ4v) is 1.46. The van der Waals surface area contributed by atoms with Crippen molar-refractivity contribution in [3.63, 3.8) is 0 Å². The van der Waals surface area contributed by atoms with E-state index in [0.717, 1.165) is 17.7 Å². The summed E-state index contributed by atoms with van der Waals surface area (Å²) in [7, 11) is 0. The molecule has 0 fully saturated rings. The predicted octanol–water partition coefficient (Wildman–Crippen LogP) is 2.72. The quantitative estimate of drug-likeness (QED) is 0.752. The minimum Gasteiger partial charge on any atom is -0.263 e. The van der Waals surface area contributed by atoms with Crippen LogP contribution in [0.4, 0.5) is 0 Å². The van der Waals surface area contributed by atoms with Crippen LogP contribution in [0.5, 0.6) is 0 Å². The third-order valence-electron chi connectivity index (χ3n) is 1.87. The van der Waals surface area contributed by atoms with Gasteiger partial charge in [-0.2, -0.15) is 0 Å². The Labute approximate surface area is 87.6 Å². The lowest BCUT2D eigenvalue weighted by atomic mass is 10.1. The first kappa shape index (κ1) is 9.16. The Morgan fingerprint density at radius 1 is 1.21 bits per heavy atom. The topological polar surface area (TPSA) is 25.8 Å². The lowest BCUT2D eigenvalue weighted by Gasteiger charge is -2.00. The molecule has 2 heterocycles. The highest BCUT2D eigenvalue weighted by molar-refractivity contribution is 6.30. The van der Waals surface area contributed by atoms with E-state index in [2.05, 4.69) is 9.97 Å². The van der Waals surface area contributed by atoms with E-state index < -0.39 is 0 Å². The molecule has 14 heavy (non-hydrogen) atoms. The van der Waals surface area contributed by atoms with E-state index in [-0.39, 0.29) is 0 Å². The first-order valence-electron chi connectivity index (χ1n) is 4.34. The van der Waals surface area contributed by atoms with Crippen molar-refractivity contribution in [3.8, 4) is 0 Å². The molecular weight excluding hydrogens is 196 g/mol. The summed E-state index contributed by atoms with van der Waals surface area (Å²) in [6.45, 7) is 0. The van der Waals surface area contributed by atoms with Gasteiger partial charge in [0.2, 0.25) is 0 Å². The van der Waals surface area contributed by atoms with Gasteiger partial charge in [0.25, 0.3) is 0 Å². The molecule has 70 valence electrons. The molecule has 0 spiro atoms. The normalized spacial score (nSPS) is 10.1. The van der Waals surface area contributed by atoms with Gasteiger partial charge in [-0.25, -0.2) is 0 Å². The SMILES string of the molecule is Clc1cncc(Cc2ccccn2)c1. The highest BCUT2D eigenvalue weighted by Crippen LogP contribution is 2.11. The van der Waals surface area contributed by atoms with Crippen molar-refractivity contribution in [2.75, 3.05) is 0 Å². The average molecular weight is 205 g/mol. The number of pyridine rings is 2. The molecule has 0 unspecified atom stereocenters.